The second-order valence-electron chi connectivity index (χ2n) is 4.96. The minimum atomic E-state index is -4.47. The van der Waals surface area contributed by atoms with Crippen LogP contribution in [0.1, 0.15) is 28.0 Å². The summed E-state index contributed by atoms with van der Waals surface area (Å²) in [5.74, 6) is -1.16. The highest BCUT2D eigenvalue weighted by Crippen LogP contribution is 2.29. The van der Waals surface area contributed by atoms with Gasteiger partial charge in [0, 0.05) is 29.4 Å². The Morgan fingerprint density at radius 1 is 1.17 bits per heavy atom. The van der Waals surface area contributed by atoms with Gasteiger partial charge in [-0.15, -0.1) is 0 Å². The molecule has 0 aliphatic heterocycles. The van der Waals surface area contributed by atoms with E-state index in [0.29, 0.717) is 5.69 Å². The fourth-order valence-electron chi connectivity index (χ4n) is 2.06. The van der Waals surface area contributed by atoms with Crippen LogP contribution in [0.5, 0.6) is 0 Å². The third-order valence-corrected chi connectivity index (χ3v) is 3.28. The van der Waals surface area contributed by atoms with Crippen molar-refractivity contribution in [2.45, 2.75) is 12.6 Å². The number of nitrogens with one attached hydrogen (secondary N) is 1. The fourth-order valence-corrected chi connectivity index (χ4v) is 2.06. The second-order valence-corrected chi connectivity index (χ2v) is 4.96. The number of aromatic amines is 1. The first-order valence-corrected chi connectivity index (χ1v) is 6.94. The van der Waals surface area contributed by atoms with Gasteiger partial charge in [-0.1, -0.05) is 12.1 Å². The molecule has 0 bridgehead atoms. The molecule has 2 aromatic rings. The fraction of sp³-hybridized carbons (Fsp3) is 0.176. The summed E-state index contributed by atoms with van der Waals surface area (Å²) in [6, 6.07) is 7.27. The normalized spacial score (nSPS) is 12.1. The van der Waals surface area contributed by atoms with E-state index in [1.165, 1.54) is 13.2 Å². The summed E-state index contributed by atoms with van der Waals surface area (Å²) in [5, 5.41) is 0. The van der Waals surface area contributed by atoms with E-state index in [1.54, 1.807) is 18.3 Å². The number of rotatable bonds is 5. The van der Waals surface area contributed by atoms with Gasteiger partial charge in [0.05, 0.1) is 12.7 Å². The van der Waals surface area contributed by atoms with Crippen LogP contribution in [0.25, 0.3) is 6.08 Å². The highest BCUT2D eigenvalue weighted by atomic mass is 19.4. The first-order valence-electron chi connectivity index (χ1n) is 6.94. The summed E-state index contributed by atoms with van der Waals surface area (Å²) in [6.45, 7) is 0. The number of methoxy groups -OCH3 is 1. The molecule has 1 aromatic heterocycles. The van der Waals surface area contributed by atoms with Crippen molar-refractivity contribution in [3.8, 4) is 0 Å². The van der Waals surface area contributed by atoms with E-state index in [-0.39, 0.29) is 17.6 Å². The molecule has 0 aliphatic rings. The lowest BCUT2D eigenvalue weighted by atomic mass is 10.0. The molecule has 0 radical (unpaired) electrons. The zero-order chi connectivity index (χ0) is 17.7. The Hall–Kier alpha value is -2.83. The predicted molar refractivity (Wildman–Crippen MR) is 81.2 cm³/mol. The number of hydrogen-bond acceptors (Lipinski definition) is 3. The number of ketones is 1. The highest BCUT2D eigenvalue weighted by molar-refractivity contribution is 6.05. The van der Waals surface area contributed by atoms with Crippen LogP contribution in [0.4, 0.5) is 13.2 Å². The maximum Gasteiger partial charge on any atom is 0.416 e. The minimum Gasteiger partial charge on any atom is -0.466 e. The van der Waals surface area contributed by atoms with Gasteiger partial charge in [-0.3, -0.25) is 4.79 Å². The van der Waals surface area contributed by atoms with E-state index in [4.69, 9.17) is 0 Å². The summed E-state index contributed by atoms with van der Waals surface area (Å²) >= 11 is 0. The molecule has 24 heavy (non-hydrogen) atoms. The lowest BCUT2D eigenvalue weighted by molar-refractivity contribution is -0.137. The van der Waals surface area contributed by atoms with Crippen molar-refractivity contribution in [2.24, 2.45) is 0 Å². The molecule has 1 N–H and O–H groups in total. The molecule has 0 atom stereocenters. The molecular formula is C17H14F3NO3. The van der Waals surface area contributed by atoms with Crippen LogP contribution in [0.2, 0.25) is 0 Å². The molecule has 126 valence electrons. The van der Waals surface area contributed by atoms with Gasteiger partial charge in [-0.25, -0.2) is 4.79 Å². The Morgan fingerprint density at radius 2 is 1.83 bits per heavy atom. The molecule has 1 heterocycles. The third-order valence-electron chi connectivity index (χ3n) is 3.28. The largest absolute Gasteiger partial charge is 0.466 e. The van der Waals surface area contributed by atoms with Crippen molar-refractivity contribution in [2.75, 3.05) is 7.11 Å². The maximum atomic E-state index is 12.5. The van der Waals surface area contributed by atoms with Crippen LogP contribution >= 0.6 is 0 Å². The lowest BCUT2D eigenvalue weighted by Crippen LogP contribution is -2.11. The summed E-state index contributed by atoms with van der Waals surface area (Å²) < 4.78 is 42.2. The Morgan fingerprint density at radius 3 is 2.33 bits per heavy atom. The van der Waals surface area contributed by atoms with Crippen molar-refractivity contribution in [3.63, 3.8) is 0 Å². The Labute approximate surface area is 135 Å². The molecule has 4 nitrogen and oxygen atoms in total. The predicted octanol–water partition coefficient (Wildman–Crippen LogP) is 3.86. The molecule has 7 heteroatoms. The number of ether oxygens (including phenoxy) is 1. The number of halogens is 3. The van der Waals surface area contributed by atoms with Crippen LogP contribution < -0.4 is 0 Å². The quantitative estimate of drug-likeness (QED) is 0.512. The topological polar surface area (TPSA) is 59.2 Å². The van der Waals surface area contributed by atoms with E-state index in [2.05, 4.69) is 9.72 Å². The van der Waals surface area contributed by atoms with Gasteiger partial charge in [-0.2, -0.15) is 13.2 Å². The monoisotopic (exact) mass is 337 g/mol. The number of alkyl halides is 3. The summed E-state index contributed by atoms with van der Waals surface area (Å²) in [5.41, 5.74) is -0.0427. The molecule has 0 aliphatic carbocycles. The Balaban J connectivity index is 2.20. The summed E-state index contributed by atoms with van der Waals surface area (Å²) in [7, 11) is 1.19. The van der Waals surface area contributed by atoms with Crippen molar-refractivity contribution in [3.05, 3.63) is 65.0 Å². The van der Waals surface area contributed by atoms with Gasteiger partial charge >= 0.3 is 12.1 Å². The molecule has 0 spiro atoms. The standard InChI is InChI=1S/C17H14F3NO3/c1-24-16(23)12(9-14-3-2-8-21-14)10-15(22)11-4-6-13(7-5-11)17(18,19)20/h2-9,21H,10H2,1H3. The van der Waals surface area contributed by atoms with Crippen LogP contribution in [0, 0.1) is 0 Å². The van der Waals surface area contributed by atoms with Gasteiger partial charge in [0.15, 0.2) is 5.78 Å². The van der Waals surface area contributed by atoms with Crippen LogP contribution in [0.15, 0.2) is 48.2 Å². The molecule has 0 unspecified atom stereocenters. The van der Waals surface area contributed by atoms with E-state index < -0.39 is 23.5 Å². The SMILES string of the molecule is COC(=O)C(=Cc1ccc[nH]1)CC(=O)c1ccc(C(F)(F)F)cc1. The lowest BCUT2D eigenvalue weighted by Gasteiger charge is -2.08. The smallest absolute Gasteiger partial charge is 0.416 e. The Bertz CT molecular complexity index is 744. The third kappa shape index (κ3) is 4.34. The van der Waals surface area contributed by atoms with E-state index in [9.17, 15) is 22.8 Å². The number of Topliss-reactive ketones (excluding diaryl/α,β-unsaturated/α-hetero) is 1. The first-order chi connectivity index (χ1) is 11.3. The van der Waals surface area contributed by atoms with Crippen molar-refractivity contribution < 1.29 is 27.5 Å². The van der Waals surface area contributed by atoms with Gasteiger partial charge < -0.3 is 9.72 Å². The van der Waals surface area contributed by atoms with Crippen LogP contribution in [-0.4, -0.2) is 23.8 Å². The molecule has 0 fully saturated rings. The maximum absolute atomic E-state index is 12.5. The number of carbonyl (C=O) groups is 2. The van der Waals surface area contributed by atoms with Gasteiger partial charge in [-0.05, 0) is 30.3 Å². The van der Waals surface area contributed by atoms with Crippen molar-refractivity contribution >= 4 is 17.8 Å². The Kier molecular flexibility index (Phi) is 5.23. The first kappa shape index (κ1) is 17.5. The second kappa shape index (κ2) is 7.16. The zero-order valence-corrected chi connectivity index (χ0v) is 12.7. The van der Waals surface area contributed by atoms with Gasteiger partial charge in [0.1, 0.15) is 0 Å². The van der Waals surface area contributed by atoms with Gasteiger partial charge in [0.25, 0.3) is 0 Å². The van der Waals surface area contributed by atoms with Crippen molar-refractivity contribution in [1.29, 1.82) is 0 Å². The molecule has 0 saturated carbocycles. The number of benzene rings is 1. The number of esters is 1. The molecule has 2 rings (SSSR count). The zero-order valence-electron chi connectivity index (χ0n) is 12.7. The molecule has 1 aromatic carbocycles. The number of hydrogen-bond donors (Lipinski definition) is 1. The molecular weight excluding hydrogens is 323 g/mol. The van der Waals surface area contributed by atoms with Crippen LogP contribution in [0.3, 0.4) is 0 Å². The highest BCUT2D eigenvalue weighted by Gasteiger charge is 2.30. The number of carbonyl (C=O) groups excluding carboxylic acids is 2. The average Bonchev–Trinajstić information content (AvgIpc) is 3.05. The van der Waals surface area contributed by atoms with Crippen LogP contribution in [-0.2, 0) is 15.7 Å². The van der Waals surface area contributed by atoms with E-state index in [0.717, 1.165) is 24.3 Å². The van der Waals surface area contributed by atoms with E-state index in [1.807, 2.05) is 0 Å². The van der Waals surface area contributed by atoms with Crippen molar-refractivity contribution in [1.82, 2.24) is 4.98 Å². The molecule has 0 saturated heterocycles. The number of H-pyrrole nitrogens is 1. The summed E-state index contributed by atoms with van der Waals surface area (Å²) in [4.78, 5) is 26.9. The minimum absolute atomic E-state index is 0.0873. The number of aromatic nitrogens is 1. The molecule has 0 amide bonds. The average molecular weight is 337 g/mol. The van der Waals surface area contributed by atoms with E-state index >= 15 is 0 Å². The summed E-state index contributed by atoms with van der Waals surface area (Å²) in [6.07, 6.45) is -1.63. The van der Waals surface area contributed by atoms with Gasteiger partial charge in [0.2, 0.25) is 0 Å².